The van der Waals surface area contributed by atoms with Crippen LogP contribution in [0, 0.1) is 10.1 Å². The van der Waals surface area contributed by atoms with Crippen LogP contribution in [0.2, 0.25) is 5.02 Å². The van der Waals surface area contributed by atoms with Crippen molar-refractivity contribution in [2.75, 3.05) is 18.0 Å². The average molecular weight is 303 g/mol. The van der Waals surface area contributed by atoms with Crippen molar-refractivity contribution in [3.8, 4) is 0 Å². The molecule has 1 rings (SSSR count). The lowest BCUT2D eigenvalue weighted by Gasteiger charge is -2.21. The van der Waals surface area contributed by atoms with E-state index in [-0.39, 0.29) is 29.4 Å². The summed E-state index contributed by atoms with van der Waals surface area (Å²) in [4.78, 5) is 32.6. The van der Waals surface area contributed by atoms with Crippen LogP contribution < -0.4 is 4.90 Å². The first-order valence-corrected chi connectivity index (χ1v) is 5.81. The number of nitrogens with zero attached hydrogens (tertiary/aromatic N) is 2. The summed E-state index contributed by atoms with van der Waals surface area (Å²) in [5.41, 5.74) is -0.139. The van der Waals surface area contributed by atoms with Crippen molar-refractivity contribution in [1.82, 2.24) is 0 Å². The van der Waals surface area contributed by atoms with E-state index in [9.17, 15) is 19.7 Å². The Bertz CT molecular complexity index is 548. The molecular formula is C11H11ClN2O6. The van der Waals surface area contributed by atoms with Gasteiger partial charge in [-0.2, -0.15) is 0 Å². The highest BCUT2D eigenvalue weighted by atomic mass is 35.5. The Hall–Kier alpha value is -2.35. The maximum absolute atomic E-state index is 10.8. The van der Waals surface area contributed by atoms with Gasteiger partial charge in [0.1, 0.15) is 11.6 Å². The summed E-state index contributed by atoms with van der Waals surface area (Å²) in [5, 5.41) is 28.1. The number of nitro benzene ring substituents is 1. The van der Waals surface area contributed by atoms with E-state index in [0.29, 0.717) is 0 Å². The third kappa shape index (κ3) is 4.39. The van der Waals surface area contributed by atoms with Gasteiger partial charge >= 0.3 is 11.9 Å². The normalized spacial score (nSPS) is 10.1. The van der Waals surface area contributed by atoms with Crippen molar-refractivity contribution in [1.29, 1.82) is 0 Å². The molecule has 0 fully saturated rings. The number of hydrogen-bond donors (Lipinski definition) is 2. The van der Waals surface area contributed by atoms with Crippen molar-refractivity contribution in [2.24, 2.45) is 0 Å². The van der Waals surface area contributed by atoms with Crippen LogP contribution >= 0.6 is 11.6 Å². The zero-order valence-corrected chi connectivity index (χ0v) is 10.9. The van der Waals surface area contributed by atoms with Crippen LogP contribution in [-0.4, -0.2) is 40.2 Å². The summed E-state index contributed by atoms with van der Waals surface area (Å²) in [6.45, 7) is -0.549. The minimum Gasteiger partial charge on any atom is -0.481 e. The van der Waals surface area contributed by atoms with Crippen LogP contribution in [0.1, 0.15) is 6.42 Å². The molecule has 0 bridgehead atoms. The molecule has 0 aliphatic rings. The van der Waals surface area contributed by atoms with Gasteiger partial charge < -0.3 is 15.1 Å². The third-order valence-electron chi connectivity index (χ3n) is 2.41. The molecular weight excluding hydrogens is 292 g/mol. The minimum atomic E-state index is -1.17. The van der Waals surface area contributed by atoms with Gasteiger partial charge in [0.2, 0.25) is 0 Å². The highest BCUT2D eigenvalue weighted by Gasteiger charge is 2.18. The smallest absolute Gasteiger partial charge is 0.323 e. The summed E-state index contributed by atoms with van der Waals surface area (Å²) in [5.74, 6) is -2.27. The first-order chi connectivity index (χ1) is 9.31. The number of nitro groups is 1. The Morgan fingerprint density at radius 1 is 1.30 bits per heavy atom. The van der Waals surface area contributed by atoms with Crippen LogP contribution in [0.3, 0.4) is 0 Å². The highest BCUT2D eigenvalue weighted by Crippen LogP contribution is 2.29. The molecule has 0 aliphatic heterocycles. The Labute approximate surface area is 118 Å². The van der Waals surface area contributed by atoms with Crippen molar-refractivity contribution in [2.45, 2.75) is 6.42 Å². The number of aliphatic carboxylic acids is 2. The molecule has 108 valence electrons. The molecule has 1 aromatic carbocycles. The molecule has 0 heterocycles. The van der Waals surface area contributed by atoms with E-state index in [1.807, 2.05) is 0 Å². The minimum absolute atomic E-state index is 0.0766. The second-order valence-corrected chi connectivity index (χ2v) is 4.26. The Balaban J connectivity index is 3.06. The SMILES string of the molecule is O=C(O)CCN(CC(=O)O)c1ccc(Cl)c([N+](=O)[O-])c1. The molecule has 2 N–H and O–H groups in total. The standard InChI is InChI=1S/C11H11ClN2O6/c12-8-2-1-7(5-9(8)14(19)20)13(6-11(17)18)4-3-10(15)16/h1-2,5H,3-4,6H2,(H,15,16)(H,17,18). The number of rotatable bonds is 7. The number of halogens is 1. The fraction of sp³-hybridized carbons (Fsp3) is 0.273. The van der Waals surface area contributed by atoms with Crippen LogP contribution in [0.4, 0.5) is 11.4 Å². The second kappa shape index (κ2) is 6.71. The molecule has 0 spiro atoms. The Kier molecular flexibility index (Phi) is 5.27. The molecule has 0 aliphatic carbocycles. The van der Waals surface area contributed by atoms with Gasteiger partial charge in [0.25, 0.3) is 5.69 Å². The summed E-state index contributed by atoms with van der Waals surface area (Å²) in [6.07, 6.45) is -0.288. The summed E-state index contributed by atoms with van der Waals surface area (Å²) >= 11 is 5.66. The lowest BCUT2D eigenvalue weighted by molar-refractivity contribution is -0.384. The molecule has 0 unspecified atom stereocenters. The largest absolute Gasteiger partial charge is 0.481 e. The Morgan fingerprint density at radius 3 is 2.45 bits per heavy atom. The molecule has 0 amide bonds. The number of carboxylic acid groups (broad SMARTS) is 2. The zero-order chi connectivity index (χ0) is 15.3. The molecule has 0 radical (unpaired) electrons. The van der Waals surface area contributed by atoms with E-state index >= 15 is 0 Å². The van der Waals surface area contributed by atoms with Crippen LogP contribution in [0.25, 0.3) is 0 Å². The summed E-state index contributed by atoms with van der Waals surface area (Å²) in [6, 6.07) is 3.79. The quantitative estimate of drug-likeness (QED) is 0.579. The van der Waals surface area contributed by atoms with Gasteiger partial charge in [-0.05, 0) is 12.1 Å². The lowest BCUT2D eigenvalue weighted by Crippen LogP contribution is -2.31. The van der Waals surface area contributed by atoms with Gasteiger partial charge in [0, 0.05) is 18.3 Å². The maximum Gasteiger partial charge on any atom is 0.323 e. The molecule has 20 heavy (non-hydrogen) atoms. The van der Waals surface area contributed by atoms with Gasteiger partial charge in [-0.1, -0.05) is 11.6 Å². The van der Waals surface area contributed by atoms with Gasteiger partial charge in [-0.25, -0.2) is 0 Å². The predicted molar refractivity (Wildman–Crippen MR) is 70.2 cm³/mol. The van der Waals surface area contributed by atoms with Gasteiger partial charge in [0.05, 0.1) is 11.3 Å². The molecule has 9 heteroatoms. The van der Waals surface area contributed by atoms with E-state index in [2.05, 4.69) is 0 Å². The van der Waals surface area contributed by atoms with Crippen molar-refractivity contribution >= 4 is 34.9 Å². The van der Waals surface area contributed by atoms with Crippen LogP contribution in [0.15, 0.2) is 18.2 Å². The Morgan fingerprint density at radius 2 is 1.95 bits per heavy atom. The predicted octanol–water partition coefficient (Wildman–Crippen LogP) is 1.61. The molecule has 0 aromatic heterocycles. The molecule has 1 aromatic rings. The number of carboxylic acids is 2. The van der Waals surface area contributed by atoms with Crippen molar-refractivity contribution in [3.05, 3.63) is 33.3 Å². The fourth-order valence-electron chi connectivity index (χ4n) is 1.53. The van der Waals surface area contributed by atoms with Crippen molar-refractivity contribution < 1.29 is 24.7 Å². The van der Waals surface area contributed by atoms with E-state index in [1.54, 1.807) is 0 Å². The van der Waals surface area contributed by atoms with Crippen LogP contribution in [-0.2, 0) is 9.59 Å². The van der Waals surface area contributed by atoms with Gasteiger partial charge in [-0.3, -0.25) is 19.7 Å². The molecule has 0 saturated heterocycles. The first kappa shape index (κ1) is 15.7. The fourth-order valence-corrected chi connectivity index (χ4v) is 1.72. The zero-order valence-electron chi connectivity index (χ0n) is 10.2. The topological polar surface area (TPSA) is 121 Å². The lowest BCUT2D eigenvalue weighted by atomic mass is 10.2. The average Bonchev–Trinajstić information content (AvgIpc) is 2.34. The van der Waals surface area contributed by atoms with Gasteiger partial charge in [-0.15, -0.1) is 0 Å². The van der Waals surface area contributed by atoms with E-state index < -0.39 is 23.4 Å². The number of carbonyl (C=O) groups is 2. The maximum atomic E-state index is 10.8. The number of benzene rings is 1. The highest BCUT2D eigenvalue weighted by molar-refractivity contribution is 6.32. The van der Waals surface area contributed by atoms with Crippen molar-refractivity contribution in [3.63, 3.8) is 0 Å². The molecule has 0 saturated carbocycles. The monoisotopic (exact) mass is 302 g/mol. The van der Waals surface area contributed by atoms with E-state index in [1.165, 1.54) is 17.0 Å². The number of hydrogen-bond acceptors (Lipinski definition) is 5. The van der Waals surface area contributed by atoms with E-state index in [0.717, 1.165) is 6.07 Å². The summed E-state index contributed by atoms with van der Waals surface area (Å²) in [7, 11) is 0. The molecule has 8 nitrogen and oxygen atoms in total. The third-order valence-corrected chi connectivity index (χ3v) is 2.73. The van der Waals surface area contributed by atoms with E-state index in [4.69, 9.17) is 21.8 Å². The summed E-state index contributed by atoms with van der Waals surface area (Å²) < 4.78 is 0. The molecule has 0 atom stereocenters. The van der Waals surface area contributed by atoms with Crippen LogP contribution in [0.5, 0.6) is 0 Å². The second-order valence-electron chi connectivity index (χ2n) is 3.85. The van der Waals surface area contributed by atoms with Gasteiger partial charge in [0.15, 0.2) is 0 Å². The number of anilines is 1. The first-order valence-electron chi connectivity index (χ1n) is 5.43.